The number of nitrogens with one attached hydrogen (secondary N) is 2. The summed E-state index contributed by atoms with van der Waals surface area (Å²) < 4.78 is 0. The lowest BCUT2D eigenvalue weighted by molar-refractivity contribution is -1.03. The van der Waals surface area contributed by atoms with Gasteiger partial charge in [0.15, 0.2) is 0 Å². The van der Waals surface area contributed by atoms with Crippen LogP contribution in [0.5, 0.6) is 0 Å². The van der Waals surface area contributed by atoms with Crippen molar-refractivity contribution in [1.29, 1.82) is 0 Å². The first-order valence-corrected chi connectivity index (χ1v) is 9.07. The summed E-state index contributed by atoms with van der Waals surface area (Å²) in [5, 5.41) is 0. The molecule has 1 aromatic rings. The molecule has 2 nitrogen and oxygen atoms in total. The number of hydrogen-bond acceptors (Lipinski definition) is 0. The molecular formula is C19H32N2+2. The maximum absolute atomic E-state index is 2.36. The minimum Gasteiger partial charge on any atom is -0.323 e. The normalized spacial score (nSPS) is 33.8. The van der Waals surface area contributed by atoms with Crippen LogP contribution in [0.2, 0.25) is 0 Å². The molecule has 2 heteroatoms. The van der Waals surface area contributed by atoms with Gasteiger partial charge >= 0.3 is 0 Å². The van der Waals surface area contributed by atoms with E-state index in [1.54, 1.807) is 4.90 Å². The van der Waals surface area contributed by atoms with Crippen LogP contribution in [0.3, 0.4) is 0 Å². The van der Waals surface area contributed by atoms with Crippen molar-refractivity contribution in [2.75, 3.05) is 26.2 Å². The van der Waals surface area contributed by atoms with E-state index in [4.69, 9.17) is 0 Å². The zero-order valence-corrected chi connectivity index (χ0v) is 13.6. The monoisotopic (exact) mass is 288 g/mol. The van der Waals surface area contributed by atoms with E-state index in [-0.39, 0.29) is 0 Å². The highest BCUT2D eigenvalue weighted by molar-refractivity contribution is 5.13. The first kappa shape index (κ1) is 15.1. The van der Waals surface area contributed by atoms with Crippen molar-refractivity contribution in [3.05, 3.63) is 35.9 Å². The zero-order chi connectivity index (χ0) is 14.5. The van der Waals surface area contributed by atoms with Crippen LogP contribution in [-0.4, -0.2) is 32.2 Å². The summed E-state index contributed by atoms with van der Waals surface area (Å²) in [5.41, 5.74) is 1.50. The second kappa shape index (κ2) is 7.42. The molecule has 3 rings (SSSR count). The molecule has 2 fully saturated rings. The number of rotatable bonds is 4. The van der Waals surface area contributed by atoms with Crippen LogP contribution < -0.4 is 9.80 Å². The molecule has 2 N–H and O–H groups in total. The van der Waals surface area contributed by atoms with Crippen LogP contribution in [0, 0.1) is 5.92 Å². The summed E-state index contributed by atoms with van der Waals surface area (Å²) in [5.74, 6) is 1.03. The van der Waals surface area contributed by atoms with Crippen LogP contribution in [0.15, 0.2) is 30.3 Å². The molecule has 0 atom stereocenters. The third-order valence-corrected chi connectivity index (χ3v) is 5.90. The molecule has 2 aliphatic rings. The van der Waals surface area contributed by atoms with Gasteiger partial charge in [-0.1, -0.05) is 43.7 Å². The first-order valence-electron chi connectivity index (χ1n) is 9.07. The SMILES string of the molecule is CCC1CCC([NH+]2CC[NH+](Cc3ccccc3)CC2)CC1. The minimum atomic E-state index is 0.978. The lowest BCUT2D eigenvalue weighted by Crippen LogP contribution is -3.29. The third-order valence-electron chi connectivity index (χ3n) is 5.90. The van der Waals surface area contributed by atoms with E-state index < -0.39 is 0 Å². The van der Waals surface area contributed by atoms with Crippen molar-refractivity contribution in [3.8, 4) is 0 Å². The average Bonchev–Trinajstić information content (AvgIpc) is 2.57. The standard InChI is InChI=1S/C19H30N2/c1-2-17-8-10-19(11-9-17)21-14-12-20(13-15-21)16-18-6-4-3-5-7-18/h3-7,17,19H,2,8-16H2,1H3/p+2. The van der Waals surface area contributed by atoms with Gasteiger partial charge in [0, 0.05) is 5.56 Å². The molecule has 116 valence electrons. The van der Waals surface area contributed by atoms with E-state index in [0.29, 0.717) is 0 Å². The molecule has 1 aromatic carbocycles. The molecule has 0 amide bonds. The van der Waals surface area contributed by atoms with Crippen LogP contribution in [0.1, 0.15) is 44.6 Å². The Hall–Kier alpha value is -0.860. The molecule has 1 saturated carbocycles. The maximum Gasteiger partial charge on any atom is 0.127 e. The van der Waals surface area contributed by atoms with Gasteiger partial charge in [0.25, 0.3) is 0 Å². The number of hydrogen-bond donors (Lipinski definition) is 2. The largest absolute Gasteiger partial charge is 0.323 e. The van der Waals surface area contributed by atoms with Gasteiger partial charge in [-0.2, -0.15) is 0 Å². The summed E-state index contributed by atoms with van der Waals surface area (Å²) in [7, 11) is 0. The summed E-state index contributed by atoms with van der Waals surface area (Å²) >= 11 is 0. The Bertz CT molecular complexity index is 401. The Labute approximate surface area is 130 Å². The summed E-state index contributed by atoms with van der Waals surface area (Å²) in [6.07, 6.45) is 7.36. The fourth-order valence-corrected chi connectivity index (χ4v) is 4.37. The minimum absolute atomic E-state index is 0.978. The molecular weight excluding hydrogens is 256 g/mol. The molecule has 0 spiro atoms. The fourth-order valence-electron chi connectivity index (χ4n) is 4.37. The maximum atomic E-state index is 2.36. The van der Waals surface area contributed by atoms with Gasteiger partial charge in [0.2, 0.25) is 0 Å². The van der Waals surface area contributed by atoms with Crippen molar-refractivity contribution in [2.24, 2.45) is 5.92 Å². The molecule has 1 heterocycles. The zero-order valence-electron chi connectivity index (χ0n) is 13.6. The van der Waals surface area contributed by atoms with Crippen LogP contribution in [0.25, 0.3) is 0 Å². The highest BCUT2D eigenvalue weighted by Gasteiger charge is 2.32. The topological polar surface area (TPSA) is 8.88 Å². The van der Waals surface area contributed by atoms with Gasteiger partial charge in [-0.05, 0) is 31.6 Å². The van der Waals surface area contributed by atoms with Crippen LogP contribution in [0.4, 0.5) is 0 Å². The Morgan fingerprint density at radius 1 is 0.905 bits per heavy atom. The van der Waals surface area contributed by atoms with Gasteiger partial charge in [-0.3, -0.25) is 0 Å². The van der Waals surface area contributed by atoms with E-state index in [0.717, 1.165) is 12.0 Å². The highest BCUT2D eigenvalue weighted by Crippen LogP contribution is 2.25. The Kier molecular flexibility index (Phi) is 5.32. The van der Waals surface area contributed by atoms with E-state index in [1.807, 2.05) is 4.90 Å². The summed E-state index contributed by atoms with van der Waals surface area (Å²) in [6, 6.07) is 12.0. The fraction of sp³-hybridized carbons (Fsp3) is 0.684. The molecule has 21 heavy (non-hydrogen) atoms. The van der Waals surface area contributed by atoms with E-state index >= 15 is 0 Å². The van der Waals surface area contributed by atoms with Gasteiger partial charge in [-0.25, -0.2) is 0 Å². The van der Waals surface area contributed by atoms with Crippen molar-refractivity contribution < 1.29 is 9.80 Å². The quantitative estimate of drug-likeness (QED) is 0.816. The predicted octanol–water partition coefficient (Wildman–Crippen LogP) is 0.939. The Morgan fingerprint density at radius 3 is 2.19 bits per heavy atom. The van der Waals surface area contributed by atoms with Crippen molar-refractivity contribution in [3.63, 3.8) is 0 Å². The second-order valence-electron chi connectivity index (χ2n) is 7.20. The molecule has 0 bridgehead atoms. The van der Waals surface area contributed by atoms with Gasteiger partial charge < -0.3 is 9.80 Å². The van der Waals surface area contributed by atoms with Crippen molar-refractivity contribution in [2.45, 2.75) is 51.6 Å². The number of quaternary nitrogens is 2. The van der Waals surface area contributed by atoms with Gasteiger partial charge in [0.05, 0.1) is 6.04 Å². The lowest BCUT2D eigenvalue weighted by Gasteiger charge is -2.37. The summed E-state index contributed by atoms with van der Waals surface area (Å²) in [6.45, 7) is 9.09. The molecule has 1 aliphatic heterocycles. The van der Waals surface area contributed by atoms with Crippen LogP contribution in [-0.2, 0) is 6.54 Å². The Balaban J connectivity index is 1.43. The number of benzene rings is 1. The van der Waals surface area contributed by atoms with E-state index in [2.05, 4.69) is 37.3 Å². The molecule has 1 aliphatic carbocycles. The first-order chi connectivity index (χ1) is 10.3. The third kappa shape index (κ3) is 4.08. The molecule has 0 unspecified atom stereocenters. The van der Waals surface area contributed by atoms with Gasteiger partial charge in [-0.15, -0.1) is 0 Å². The Morgan fingerprint density at radius 2 is 1.57 bits per heavy atom. The van der Waals surface area contributed by atoms with Gasteiger partial charge in [0.1, 0.15) is 32.7 Å². The molecule has 0 aromatic heterocycles. The highest BCUT2D eigenvalue weighted by atomic mass is 15.3. The van der Waals surface area contributed by atoms with E-state index in [9.17, 15) is 0 Å². The van der Waals surface area contributed by atoms with E-state index in [1.165, 1.54) is 70.4 Å². The summed E-state index contributed by atoms with van der Waals surface area (Å²) in [4.78, 5) is 3.70. The predicted molar refractivity (Wildman–Crippen MR) is 87.6 cm³/mol. The number of piperazine rings is 1. The lowest BCUT2D eigenvalue weighted by atomic mass is 9.84. The average molecular weight is 288 g/mol. The molecule has 1 saturated heterocycles. The van der Waals surface area contributed by atoms with Crippen molar-refractivity contribution in [1.82, 2.24) is 0 Å². The van der Waals surface area contributed by atoms with Crippen molar-refractivity contribution >= 4 is 0 Å². The second-order valence-corrected chi connectivity index (χ2v) is 7.20. The smallest absolute Gasteiger partial charge is 0.127 e. The molecule has 0 radical (unpaired) electrons. The van der Waals surface area contributed by atoms with Crippen LogP contribution >= 0.6 is 0 Å².